The SMILES string of the molecule is O=S(=O)(c1ccccc1)c1cc(Nc2nc3c(s2)CCC3)nc(NC2CCCCC2)c1. The monoisotopic (exact) mass is 454 g/mol. The Kier molecular flexibility index (Phi) is 5.67. The molecule has 162 valence electrons. The van der Waals surface area contributed by atoms with Crippen molar-refractivity contribution in [2.75, 3.05) is 10.6 Å². The van der Waals surface area contributed by atoms with Gasteiger partial charge in [0.15, 0.2) is 5.13 Å². The number of hydrogen-bond acceptors (Lipinski definition) is 7. The van der Waals surface area contributed by atoms with Crippen LogP contribution in [0.15, 0.2) is 52.3 Å². The lowest BCUT2D eigenvalue weighted by Crippen LogP contribution is -2.23. The van der Waals surface area contributed by atoms with E-state index in [-0.39, 0.29) is 9.79 Å². The van der Waals surface area contributed by atoms with Crippen LogP contribution >= 0.6 is 11.3 Å². The van der Waals surface area contributed by atoms with Gasteiger partial charge in [-0.15, -0.1) is 11.3 Å². The van der Waals surface area contributed by atoms with Gasteiger partial charge >= 0.3 is 0 Å². The van der Waals surface area contributed by atoms with Gasteiger partial charge in [0, 0.05) is 17.0 Å². The van der Waals surface area contributed by atoms with E-state index < -0.39 is 9.84 Å². The van der Waals surface area contributed by atoms with Crippen molar-refractivity contribution >= 4 is 37.9 Å². The van der Waals surface area contributed by atoms with E-state index >= 15 is 0 Å². The first-order chi connectivity index (χ1) is 15.1. The number of thiazole rings is 1. The number of rotatable bonds is 6. The molecule has 6 nitrogen and oxygen atoms in total. The van der Waals surface area contributed by atoms with E-state index in [0.717, 1.165) is 42.9 Å². The van der Waals surface area contributed by atoms with Gasteiger partial charge in [0.05, 0.1) is 15.5 Å². The highest BCUT2D eigenvalue weighted by molar-refractivity contribution is 7.91. The van der Waals surface area contributed by atoms with E-state index in [4.69, 9.17) is 4.98 Å². The van der Waals surface area contributed by atoms with Crippen molar-refractivity contribution in [1.82, 2.24) is 9.97 Å². The lowest BCUT2D eigenvalue weighted by molar-refractivity contribution is 0.462. The molecule has 0 spiro atoms. The molecule has 0 aliphatic heterocycles. The van der Waals surface area contributed by atoms with Crippen molar-refractivity contribution in [2.24, 2.45) is 0 Å². The second-order valence-electron chi connectivity index (χ2n) is 8.24. The number of aromatic nitrogens is 2. The molecular formula is C23H26N4O2S2. The van der Waals surface area contributed by atoms with Crippen LogP contribution in [0.4, 0.5) is 16.8 Å². The Morgan fingerprint density at radius 1 is 0.871 bits per heavy atom. The number of sulfone groups is 1. The Labute approximate surface area is 187 Å². The molecule has 2 N–H and O–H groups in total. The summed E-state index contributed by atoms with van der Waals surface area (Å²) in [5.74, 6) is 1.10. The third-order valence-corrected chi connectivity index (χ3v) is 8.77. The minimum Gasteiger partial charge on any atom is -0.367 e. The van der Waals surface area contributed by atoms with Crippen LogP contribution in [0, 0.1) is 0 Å². The van der Waals surface area contributed by atoms with Crippen molar-refractivity contribution in [3.05, 3.63) is 53.0 Å². The minimum absolute atomic E-state index is 0.235. The molecule has 5 rings (SSSR count). The zero-order valence-electron chi connectivity index (χ0n) is 17.3. The average molecular weight is 455 g/mol. The van der Waals surface area contributed by atoms with E-state index in [1.54, 1.807) is 47.7 Å². The predicted octanol–water partition coefficient (Wildman–Crippen LogP) is 5.35. The molecule has 0 saturated heterocycles. The molecule has 0 unspecified atom stereocenters. The summed E-state index contributed by atoms with van der Waals surface area (Å²) >= 11 is 1.64. The molecule has 0 radical (unpaired) electrons. The topological polar surface area (TPSA) is 84.0 Å². The van der Waals surface area contributed by atoms with Gasteiger partial charge in [-0.2, -0.15) is 0 Å². The molecule has 1 aromatic carbocycles. The lowest BCUT2D eigenvalue weighted by Gasteiger charge is -2.23. The predicted molar refractivity (Wildman–Crippen MR) is 124 cm³/mol. The fourth-order valence-electron chi connectivity index (χ4n) is 4.34. The third kappa shape index (κ3) is 4.45. The maximum Gasteiger partial charge on any atom is 0.206 e. The third-order valence-electron chi connectivity index (χ3n) is 5.95. The molecule has 2 aliphatic rings. The van der Waals surface area contributed by atoms with Crippen LogP contribution in [0.25, 0.3) is 0 Å². The van der Waals surface area contributed by atoms with Gasteiger partial charge in [-0.05, 0) is 50.3 Å². The van der Waals surface area contributed by atoms with Gasteiger partial charge in [0.2, 0.25) is 9.84 Å². The van der Waals surface area contributed by atoms with E-state index in [1.807, 2.05) is 6.07 Å². The van der Waals surface area contributed by atoms with Crippen LogP contribution in [-0.2, 0) is 22.7 Å². The molecule has 0 bridgehead atoms. The Hall–Kier alpha value is -2.45. The quantitative estimate of drug-likeness (QED) is 0.522. The highest BCUT2D eigenvalue weighted by Crippen LogP contribution is 2.33. The van der Waals surface area contributed by atoms with E-state index in [1.165, 1.54) is 24.1 Å². The summed E-state index contributed by atoms with van der Waals surface area (Å²) in [5.41, 5.74) is 1.15. The molecule has 0 amide bonds. The van der Waals surface area contributed by atoms with E-state index in [2.05, 4.69) is 15.6 Å². The number of aryl methyl sites for hydroxylation is 2. The lowest BCUT2D eigenvalue weighted by atomic mass is 9.95. The van der Waals surface area contributed by atoms with E-state index in [9.17, 15) is 8.42 Å². The molecule has 31 heavy (non-hydrogen) atoms. The molecule has 1 fully saturated rings. The number of nitrogens with one attached hydrogen (secondary N) is 2. The Bertz CT molecular complexity index is 1150. The van der Waals surface area contributed by atoms with Gasteiger partial charge < -0.3 is 10.6 Å². The normalized spacial score (nSPS) is 16.8. The Morgan fingerprint density at radius 3 is 2.42 bits per heavy atom. The number of benzene rings is 1. The molecule has 2 aliphatic carbocycles. The highest BCUT2D eigenvalue weighted by Gasteiger charge is 2.22. The number of nitrogens with zero attached hydrogens (tertiary/aromatic N) is 2. The summed E-state index contributed by atoms with van der Waals surface area (Å²) in [6, 6.07) is 12.1. The average Bonchev–Trinajstić information content (AvgIpc) is 3.37. The molecule has 3 aromatic rings. The van der Waals surface area contributed by atoms with Crippen LogP contribution in [0.2, 0.25) is 0 Å². The molecule has 2 aromatic heterocycles. The summed E-state index contributed by atoms with van der Waals surface area (Å²) in [5, 5.41) is 7.52. The molecule has 8 heteroatoms. The number of anilines is 3. The van der Waals surface area contributed by atoms with Crippen molar-refractivity contribution < 1.29 is 8.42 Å². The second kappa shape index (κ2) is 8.59. The maximum absolute atomic E-state index is 13.3. The fourth-order valence-corrected chi connectivity index (χ4v) is 6.72. The van der Waals surface area contributed by atoms with Crippen LogP contribution < -0.4 is 10.6 Å². The summed E-state index contributed by atoms with van der Waals surface area (Å²) < 4.78 is 26.6. The van der Waals surface area contributed by atoms with Gasteiger partial charge in [-0.1, -0.05) is 37.5 Å². The van der Waals surface area contributed by atoms with Crippen LogP contribution in [0.3, 0.4) is 0 Å². The van der Waals surface area contributed by atoms with Crippen molar-refractivity contribution in [1.29, 1.82) is 0 Å². The molecule has 1 saturated carbocycles. The summed E-state index contributed by atoms with van der Waals surface area (Å²) in [6.45, 7) is 0. The second-order valence-corrected chi connectivity index (χ2v) is 11.3. The summed E-state index contributed by atoms with van der Waals surface area (Å²) in [7, 11) is -3.65. The van der Waals surface area contributed by atoms with Crippen LogP contribution in [0.1, 0.15) is 49.1 Å². The molecular weight excluding hydrogens is 428 g/mol. The first-order valence-corrected chi connectivity index (χ1v) is 13.2. The fraction of sp³-hybridized carbons (Fsp3) is 0.391. The minimum atomic E-state index is -3.65. The first-order valence-electron chi connectivity index (χ1n) is 10.9. The van der Waals surface area contributed by atoms with Crippen molar-refractivity contribution in [3.8, 4) is 0 Å². The Morgan fingerprint density at radius 2 is 1.65 bits per heavy atom. The van der Waals surface area contributed by atoms with Gasteiger partial charge in [0.1, 0.15) is 11.6 Å². The molecule has 2 heterocycles. The number of fused-ring (bicyclic) bond motifs is 1. The smallest absolute Gasteiger partial charge is 0.206 e. The Balaban J connectivity index is 1.49. The largest absolute Gasteiger partial charge is 0.367 e. The zero-order chi connectivity index (χ0) is 21.3. The first kappa shape index (κ1) is 20.5. The van der Waals surface area contributed by atoms with Crippen LogP contribution in [-0.4, -0.2) is 24.4 Å². The van der Waals surface area contributed by atoms with Gasteiger partial charge in [-0.3, -0.25) is 0 Å². The zero-order valence-corrected chi connectivity index (χ0v) is 18.9. The standard InChI is InChI=1S/C23H26N4O2S2/c28-31(29,17-10-5-2-6-11-17)18-14-21(24-16-8-3-1-4-9-16)26-22(15-18)27-23-25-19-12-7-13-20(19)30-23/h2,5-6,10-11,14-16H,1,3-4,7-9,12-13H2,(H2,24,25,26,27). The highest BCUT2D eigenvalue weighted by atomic mass is 32.2. The van der Waals surface area contributed by atoms with Crippen molar-refractivity contribution in [2.45, 2.75) is 67.2 Å². The van der Waals surface area contributed by atoms with Gasteiger partial charge in [0.25, 0.3) is 0 Å². The summed E-state index contributed by atoms with van der Waals surface area (Å²) in [6.07, 6.45) is 9.04. The molecule has 0 atom stereocenters. The van der Waals surface area contributed by atoms with Crippen molar-refractivity contribution in [3.63, 3.8) is 0 Å². The van der Waals surface area contributed by atoms with E-state index in [0.29, 0.717) is 17.7 Å². The van der Waals surface area contributed by atoms with Gasteiger partial charge in [-0.25, -0.2) is 18.4 Å². The number of hydrogen-bond donors (Lipinski definition) is 2. The number of pyridine rings is 1. The maximum atomic E-state index is 13.3. The van der Waals surface area contributed by atoms with Crippen LogP contribution in [0.5, 0.6) is 0 Å². The summed E-state index contributed by atoms with van der Waals surface area (Å²) in [4.78, 5) is 11.2.